The summed E-state index contributed by atoms with van der Waals surface area (Å²) in [5.41, 5.74) is 4.66. The van der Waals surface area contributed by atoms with Gasteiger partial charge in [-0.15, -0.1) is 11.6 Å². The van der Waals surface area contributed by atoms with Crippen molar-refractivity contribution in [2.75, 3.05) is 13.2 Å². The van der Waals surface area contributed by atoms with E-state index in [1.54, 1.807) is 0 Å². The minimum Gasteiger partial charge on any atom is -0.486 e. The van der Waals surface area contributed by atoms with Crippen molar-refractivity contribution in [2.45, 2.75) is 19.2 Å². The first-order valence-corrected chi connectivity index (χ1v) is 7.19. The first-order valence-electron chi connectivity index (χ1n) is 6.76. The molecule has 20 heavy (non-hydrogen) atoms. The van der Waals surface area contributed by atoms with Crippen LogP contribution < -0.4 is 9.47 Å². The molecule has 3 heteroatoms. The maximum absolute atomic E-state index is 6.60. The van der Waals surface area contributed by atoms with E-state index in [9.17, 15) is 0 Å². The number of rotatable bonds is 2. The minimum absolute atomic E-state index is 0.176. The monoisotopic (exact) mass is 288 g/mol. The van der Waals surface area contributed by atoms with E-state index in [0.29, 0.717) is 13.2 Å². The zero-order valence-electron chi connectivity index (χ0n) is 11.7. The maximum atomic E-state index is 6.60. The topological polar surface area (TPSA) is 18.5 Å². The first kappa shape index (κ1) is 13.3. The zero-order chi connectivity index (χ0) is 14.1. The van der Waals surface area contributed by atoms with Crippen molar-refractivity contribution in [2.24, 2.45) is 0 Å². The summed E-state index contributed by atoms with van der Waals surface area (Å²) < 4.78 is 11.1. The van der Waals surface area contributed by atoms with Crippen LogP contribution in [0.5, 0.6) is 11.5 Å². The molecule has 104 valence electrons. The van der Waals surface area contributed by atoms with Crippen LogP contribution in [0.4, 0.5) is 0 Å². The van der Waals surface area contributed by atoms with Crippen LogP contribution in [0, 0.1) is 13.8 Å². The van der Waals surface area contributed by atoms with Crippen molar-refractivity contribution in [3.63, 3.8) is 0 Å². The fraction of sp³-hybridized carbons (Fsp3) is 0.294. The lowest BCUT2D eigenvalue weighted by Gasteiger charge is -2.20. The van der Waals surface area contributed by atoms with Gasteiger partial charge in [0.15, 0.2) is 11.5 Å². The van der Waals surface area contributed by atoms with Crippen molar-refractivity contribution in [3.8, 4) is 11.5 Å². The molecule has 0 aliphatic carbocycles. The molecular formula is C17H17ClO2. The van der Waals surface area contributed by atoms with Gasteiger partial charge in [0.05, 0.1) is 5.38 Å². The number of fused-ring (bicyclic) bond motifs is 1. The quantitative estimate of drug-likeness (QED) is 0.763. The summed E-state index contributed by atoms with van der Waals surface area (Å²) in [7, 11) is 0. The molecule has 2 nitrogen and oxygen atoms in total. The summed E-state index contributed by atoms with van der Waals surface area (Å²) in [6, 6.07) is 12.2. The molecule has 0 radical (unpaired) electrons. The van der Waals surface area contributed by atoms with E-state index in [1.165, 1.54) is 11.1 Å². The third kappa shape index (κ3) is 2.48. The summed E-state index contributed by atoms with van der Waals surface area (Å²) in [6.07, 6.45) is 0. The molecule has 0 fully saturated rings. The van der Waals surface area contributed by atoms with Crippen LogP contribution in [-0.2, 0) is 0 Å². The number of hydrogen-bond acceptors (Lipinski definition) is 2. The Bertz CT molecular complexity index is 637. The standard InChI is InChI=1S/C17H17ClO2/c1-11-3-4-13(9-12(11)2)17(18)14-5-6-15-16(10-14)20-8-7-19-15/h3-6,9-10,17H,7-8H2,1-2H3. The Morgan fingerprint density at radius 3 is 2.25 bits per heavy atom. The molecule has 1 atom stereocenters. The molecular weight excluding hydrogens is 272 g/mol. The highest BCUT2D eigenvalue weighted by molar-refractivity contribution is 6.22. The smallest absolute Gasteiger partial charge is 0.161 e. The van der Waals surface area contributed by atoms with Gasteiger partial charge >= 0.3 is 0 Å². The van der Waals surface area contributed by atoms with Gasteiger partial charge < -0.3 is 9.47 Å². The molecule has 0 bridgehead atoms. The van der Waals surface area contributed by atoms with Gasteiger partial charge in [-0.3, -0.25) is 0 Å². The Balaban J connectivity index is 1.93. The molecule has 0 spiro atoms. The second-order valence-corrected chi connectivity index (χ2v) is 5.55. The largest absolute Gasteiger partial charge is 0.486 e. The summed E-state index contributed by atoms with van der Waals surface area (Å²) in [6.45, 7) is 5.40. The number of hydrogen-bond donors (Lipinski definition) is 0. The average molecular weight is 289 g/mol. The molecule has 0 aromatic heterocycles. The number of halogens is 1. The van der Waals surface area contributed by atoms with Gasteiger partial charge in [0, 0.05) is 0 Å². The fourth-order valence-corrected chi connectivity index (χ4v) is 2.60. The van der Waals surface area contributed by atoms with E-state index in [-0.39, 0.29) is 5.38 Å². The minimum atomic E-state index is -0.176. The Labute approximate surface area is 124 Å². The van der Waals surface area contributed by atoms with E-state index in [0.717, 1.165) is 22.6 Å². The number of aryl methyl sites for hydroxylation is 2. The molecule has 2 aromatic carbocycles. The number of ether oxygens (including phenoxy) is 2. The van der Waals surface area contributed by atoms with Crippen molar-refractivity contribution in [3.05, 3.63) is 58.7 Å². The van der Waals surface area contributed by atoms with Gasteiger partial charge in [-0.25, -0.2) is 0 Å². The molecule has 0 saturated heterocycles. The molecule has 1 unspecified atom stereocenters. The highest BCUT2D eigenvalue weighted by Crippen LogP contribution is 2.37. The lowest BCUT2D eigenvalue weighted by atomic mass is 10.00. The highest BCUT2D eigenvalue weighted by Gasteiger charge is 2.17. The zero-order valence-corrected chi connectivity index (χ0v) is 12.4. The molecule has 3 rings (SSSR count). The van der Waals surface area contributed by atoms with Crippen LogP contribution in [0.25, 0.3) is 0 Å². The Hall–Kier alpha value is -1.67. The van der Waals surface area contributed by atoms with Crippen LogP contribution in [-0.4, -0.2) is 13.2 Å². The van der Waals surface area contributed by atoms with Crippen molar-refractivity contribution in [1.29, 1.82) is 0 Å². The Kier molecular flexibility index (Phi) is 3.58. The predicted octanol–water partition coefficient (Wildman–Crippen LogP) is 4.40. The number of alkyl halides is 1. The molecule has 1 aliphatic heterocycles. The van der Waals surface area contributed by atoms with Crippen molar-refractivity contribution >= 4 is 11.6 Å². The van der Waals surface area contributed by atoms with Crippen LogP contribution in [0.3, 0.4) is 0 Å². The SMILES string of the molecule is Cc1ccc(C(Cl)c2ccc3c(c2)OCCO3)cc1C. The van der Waals surface area contributed by atoms with Crippen LogP contribution >= 0.6 is 11.6 Å². The van der Waals surface area contributed by atoms with E-state index < -0.39 is 0 Å². The normalized spacial score (nSPS) is 14.9. The van der Waals surface area contributed by atoms with Crippen molar-refractivity contribution < 1.29 is 9.47 Å². The van der Waals surface area contributed by atoms with E-state index in [4.69, 9.17) is 21.1 Å². The maximum Gasteiger partial charge on any atom is 0.161 e. The van der Waals surface area contributed by atoms with Crippen LogP contribution in [0.15, 0.2) is 36.4 Å². The summed E-state index contributed by atoms with van der Waals surface area (Å²) >= 11 is 6.60. The molecule has 0 N–H and O–H groups in total. The van der Waals surface area contributed by atoms with E-state index >= 15 is 0 Å². The third-order valence-electron chi connectivity index (χ3n) is 3.68. The van der Waals surface area contributed by atoms with Gasteiger partial charge in [0.25, 0.3) is 0 Å². The van der Waals surface area contributed by atoms with Gasteiger partial charge in [-0.1, -0.05) is 24.3 Å². The second-order valence-electron chi connectivity index (χ2n) is 5.11. The Morgan fingerprint density at radius 2 is 1.50 bits per heavy atom. The first-order chi connectivity index (χ1) is 9.65. The molecule has 0 saturated carbocycles. The van der Waals surface area contributed by atoms with Gasteiger partial charge in [-0.2, -0.15) is 0 Å². The molecule has 1 aliphatic rings. The number of benzene rings is 2. The summed E-state index contributed by atoms with van der Waals surface area (Å²) in [4.78, 5) is 0. The molecule has 1 heterocycles. The van der Waals surface area contributed by atoms with E-state index in [2.05, 4.69) is 32.0 Å². The van der Waals surface area contributed by atoms with Crippen molar-refractivity contribution in [1.82, 2.24) is 0 Å². The fourth-order valence-electron chi connectivity index (χ4n) is 2.33. The van der Waals surface area contributed by atoms with Gasteiger partial charge in [0.2, 0.25) is 0 Å². The Morgan fingerprint density at radius 1 is 0.850 bits per heavy atom. The molecule has 2 aromatic rings. The predicted molar refractivity (Wildman–Crippen MR) is 81.0 cm³/mol. The van der Waals surface area contributed by atoms with Gasteiger partial charge in [-0.05, 0) is 48.2 Å². The lowest BCUT2D eigenvalue weighted by molar-refractivity contribution is 0.171. The lowest BCUT2D eigenvalue weighted by Crippen LogP contribution is -2.15. The highest BCUT2D eigenvalue weighted by atomic mass is 35.5. The van der Waals surface area contributed by atoms with Gasteiger partial charge in [0.1, 0.15) is 13.2 Å². The van der Waals surface area contributed by atoms with Crippen LogP contribution in [0.1, 0.15) is 27.6 Å². The van der Waals surface area contributed by atoms with Crippen LogP contribution in [0.2, 0.25) is 0 Å². The van der Waals surface area contributed by atoms with E-state index in [1.807, 2.05) is 18.2 Å². The molecule has 0 amide bonds. The summed E-state index contributed by atoms with van der Waals surface area (Å²) in [5.74, 6) is 1.58. The third-order valence-corrected chi connectivity index (χ3v) is 4.19. The second kappa shape index (κ2) is 5.37. The average Bonchev–Trinajstić information content (AvgIpc) is 2.49. The summed E-state index contributed by atoms with van der Waals surface area (Å²) in [5, 5.41) is -0.176.